The Hall–Kier alpha value is -3.15. The zero-order valence-corrected chi connectivity index (χ0v) is 13.3. The van der Waals surface area contributed by atoms with E-state index in [9.17, 15) is 9.18 Å². The lowest BCUT2D eigenvalue weighted by atomic mass is 10.1. The molecule has 5 nitrogen and oxygen atoms in total. The van der Waals surface area contributed by atoms with Crippen molar-refractivity contribution in [1.82, 2.24) is 15.1 Å². The highest BCUT2D eigenvalue weighted by molar-refractivity contribution is 5.99. The highest BCUT2D eigenvalue weighted by Gasteiger charge is 2.18. The van der Waals surface area contributed by atoms with Crippen LogP contribution < -0.4 is 10.1 Å². The Bertz CT molecular complexity index is 872. The number of methoxy groups -OCH3 is 1. The van der Waals surface area contributed by atoms with E-state index in [1.54, 1.807) is 37.2 Å². The molecule has 2 aromatic carbocycles. The third-order valence-electron chi connectivity index (χ3n) is 3.62. The number of amides is 1. The van der Waals surface area contributed by atoms with Crippen LogP contribution >= 0.6 is 0 Å². The topological polar surface area (TPSA) is 56.2 Å². The SMILES string of the molecule is CNC(=O)c1cn(-c2ccc(F)cc2)nc1-c1cccc(OC)c1. The van der Waals surface area contributed by atoms with E-state index in [0.717, 1.165) is 5.56 Å². The van der Waals surface area contributed by atoms with Gasteiger partial charge in [-0.3, -0.25) is 4.79 Å². The van der Waals surface area contributed by atoms with E-state index in [4.69, 9.17) is 4.74 Å². The molecule has 1 N–H and O–H groups in total. The summed E-state index contributed by atoms with van der Waals surface area (Å²) >= 11 is 0. The summed E-state index contributed by atoms with van der Waals surface area (Å²) in [7, 11) is 3.14. The van der Waals surface area contributed by atoms with Crippen LogP contribution in [-0.4, -0.2) is 29.8 Å². The van der Waals surface area contributed by atoms with Crippen molar-refractivity contribution in [3.05, 3.63) is 66.1 Å². The Morgan fingerprint density at radius 3 is 2.62 bits per heavy atom. The maximum atomic E-state index is 13.1. The lowest BCUT2D eigenvalue weighted by Gasteiger charge is -2.04. The van der Waals surface area contributed by atoms with E-state index < -0.39 is 0 Å². The largest absolute Gasteiger partial charge is 0.497 e. The van der Waals surface area contributed by atoms with Gasteiger partial charge in [0.05, 0.1) is 18.4 Å². The number of ether oxygens (including phenoxy) is 1. The number of rotatable bonds is 4. The maximum absolute atomic E-state index is 13.1. The molecular weight excluding hydrogens is 309 g/mol. The molecule has 1 heterocycles. The minimum atomic E-state index is -0.328. The van der Waals surface area contributed by atoms with Crippen LogP contribution in [0.15, 0.2) is 54.7 Å². The number of hydrogen-bond acceptors (Lipinski definition) is 3. The lowest BCUT2D eigenvalue weighted by Crippen LogP contribution is -2.17. The number of nitrogens with zero attached hydrogens (tertiary/aromatic N) is 2. The van der Waals surface area contributed by atoms with Gasteiger partial charge < -0.3 is 10.1 Å². The summed E-state index contributed by atoms with van der Waals surface area (Å²) in [6.07, 6.45) is 1.63. The second-order valence-electron chi connectivity index (χ2n) is 5.12. The van der Waals surface area contributed by atoms with E-state index in [0.29, 0.717) is 22.7 Å². The molecule has 3 rings (SSSR count). The molecule has 6 heteroatoms. The highest BCUT2D eigenvalue weighted by Crippen LogP contribution is 2.27. The van der Waals surface area contributed by atoms with Crippen LogP contribution in [0, 0.1) is 5.82 Å². The zero-order valence-electron chi connectivity index (χ0n) is 13.3. The molecule has 24 heavy (non-hydrogen) atoms. The Morgan fingerprint density at radius 1 is 1.21 bits per heavy atom. The van der Waals surface area contributed by atoms with Gasteiger partial charge in [0.25, 0.3) is 5.91 Å². The molecule has 0 aliphatic carbocycles. The first-order chi connectivity index (χ1) is 11.6. The van der Waals surface area contributed by atoms with Gasteiger partial charge in [-0.25, -0.2) is 9.07 Å². The fourth-order valence-corrected chi connectivity index (χ4v) is 2.38. The Balaban J connectivity index is 2.13. The number of benzene rings is 2. The molecule has 0 spiro atoms. The number of halogens is 1. The predicted molar refractivity (Wildman–Crippen MR) is 88.9 cm³/mol. The van der Waals surface area contributed by atoms with Gasteiger partial charge in [-0.05, 0) is 36.4 Å². The van der Waals surface area contributed by atoms with Crippen molar-refractivity contribution in [2.24, 2.45) is 0 Å². The van der Waals surface area contributed by atoms with Gasteiger partial charge in [0.1, 0.15) is 17.3 Å². The summed E-state index contributed by atoms with van der Waals surface area (Å²) < 4.78 is 19.9. The quantitative estimate of drug-likeness (QED) is 0.802. The van der Waals surface area contributed by atoms with Gasteiger partial charge >= 0.3 is 0 Å². The normalized spacial score (nSPS) is 10.5. The zero-order chi connectivity index (χ0) is 17.1. The van der Waals surface area contributed by atoms with Crippen molar-refractivity contribution < 1.29 is 13.9 Å². The predicted octanol–water partition coefficient (Wildman–Crippen LogP) is 3.05. The number of hydrogen-bond donors (Lipinski definition) is 1. The number of carbonyl (C=O) groups is 1. The molecule has 3 aromatic rings. The summed E-state index contributed by atoms with van der Waals surface area (Å²) in [5, 5.41) is 7.11. The van der Waals surface area contributed by atoms with Gasteiger partial charge in [-0.15, -0.1) is 0 Å². The standard InChI is InChI=1S/C18H16FN3O2/c1-20-18(23)16-11-22(14-8-6-13(19)7-9-14)21-17(16)12-4-3-5-15(10-12)24-2/h3-11H,1-2H3,(H,20,23). The maximum Gasteiger partial charge on any atom is 0.254 e. The van der Waals surface area contributed by atoms with Crippen LogP contribution in [-0.2, 0) is 0 Å². The second-order valence-corrected chi connectivity index (χ2v) is 5.12. The van der Waals surface area contributed by atoms with Crippen molar-refractivity contribution in [2.75, 3.05) is 14.2 Å². The first-order valence-corrected chi connectivity index (χ1v) is 7.34. The summed E-state index contributed by atoms with van der Waals surface area (Å²) in [6.45, 7) is 0. The molecule has 0 unspecified atom stereocenters. The third kappa shape index (κ3) is 2.99. The first-order valence-electron chi connectivity index (χ1n) is 7.34. The summed E-state index contributed by atoms with van der Waals surface area (Å²) in [6, 6.07) is 13.2. The fraction of sp³-hybridized carbons (Fsp3) is 0.111. The molecular formula is C18H16FN3O2. The van der Waals surface area contributed by atoms with Crippen molar-refractivity contribution in [2.45, 2.75) is 0 Å². The Labute approximate surface area is 138 Å². The fourth-order valence-electron chi connectivity index (χ4n) is 2.38. The van der Waals surface area contributed by atoms with Crippen molar-refractivity contribution >= 4 is 5.91 Å². The summed E-state index contributed by atoms with van der Waals surface area (Å²) in [4.78, 5) is 12.2. The van der Waals surface area contributed by atoms with Crippen LogP contribution in [0.3, 0.4) is 0 Å². The smallest absolute Gasteiger partial charge is 0.254 e. The summed E-state index contributed by atoms with van der Waals surface area (Å²) in [5.41, 5.74) is 2.37. The highest BCUT2D eigenvalue weighted by atomic mass is 19.1. The van der Waals surface area contributed by atoms with Crippen molar-refractivity contribution in [1.29, 1.82) is 0 Å². The lowest BCUT2D eigenvalue weighted by molar-refractivity contribution is 0.0963. The molecule has 0 atom stereocenters. The average molecular weight is 325 g/mol. The molecule has 0 bridgehead atoms. The van der Waals surface area contributed by atoms with Crippen molar-refractivity contribution in [3.63, 3.8) is 0 Å². The number of nitrogens with one attached hydrogen (secondary N) is 1. The van der Waals surface area contributed by atoms with E-state index >= 15 is 0 Å². The first kappa shape index (κ1) is 15.7. The minimum Gasteiger partial charge on any atom is -0.497 e. The van der Waals surface area contributed by atoms with Crippen molar-refractivity contribution in [3.8, 4) is 22.7 Å². The van der Waals surface area contributed by atoms with Gasteiger partial charge in [0, 0.05) is 18.8 Å². The van der Waals surface area contributed by atoms with Crippen LogP contribution in [0.1, 0.15) is 10.4 Å². The van der Waals surface area contributed by atoms with Crippen LogP contribution in [0.2, 0.25) is 0 Å². The second kappa shape index (κ2) is 6.54. The van der Waals surface area contributed by atoms with E-state index in [1.807, 2.05) is 24.3 Å². The third-order valence-corrected chi connectivity index (χ3v) is 3.62. The molecule has 122 valence electrons. The minimum absolute atomic E-state index is 0.249. The molecule has 1 amide bonds. The van der Waals surface area contributed by atoms with E-state index in [2.05, 4.69) is 10.4 Å². The Morgan fingerprint density at radius 2 is 1.96 bits per heavy atom. The molecule has 0 saturated carbocycles. The van der Waals surface area contributed by atoms with Crippen LogP contribution in [0.4, 0.5) is 4.39 Å². The molecule has 0 aliphatic heterocycles. The summed E-state index contributed by atoms with van der Waals surface area (Å²) in [5.74, 6) is 0.0957. The number of aromatic nitrogens is 2. The monoisotopic (exact) mass is 325 g/mol. The van der Waals surface area contributed by atoms with Crippen LogP contribution in [0.5, 0.6) is 5.75 Å². The molecule has 0 aliphatic rings. The van der Waals surface area contributed by atoms with Gasteiger partial charge in [0.2, 0.25) is 0 Å². The molecule has 1 aromatic heterocycles. The molecule has 0 fully saturated rings. The number of carbonyl (C=O) groups excluding carboxylic acids is 1. The van der Waals surface area contributed by atoms with E-state index in [-0.39, 0.29) is 11.7 Å². The average Bonchev–Trinajstić information content (AvgIpc) is 3.07. The van der Waals surface area contributed by atoms with Crippen LogP contribution in [0.25, 0.3) is 16.9 Å². The molecule has 0 saturated heterocycles. The van der Waals surface area contributed by atoms with Gasteiger partial charge in [-0.1, -0.05) is 12.1 Å². The molecule has 0 radical (unpaired) electrons. The van der Waals surface area contributed by atoms with Gasteiger partial charge in [0.15, 0.2) is 0 Å². The van der Waals surface area contributed by atoms with E-state index in [1.165, 1.54) is 12.1 Å². The van der Waals surface area contributed by atoms with Gasteiger partial charge in [-0.2, -0.15) is 5.10 Å². The Kier molecular flexibility index (Phi) is 4.29.